The third-order valence-corrected chi connectivity index (χ3v) is 7.73. The molecule has 0 aliphatic carbocycles. The van der Waals surface area contributed by atoms with Crippen LogP contribution in [0.25, 0.3) is 0 Å². The number of hydrogen-bond donors (Lipinski definition) is 2. The lowest BCUT2D eigenvalue weighted by Gasteiger charge is -2.21. The molecule has 1 aliphatic heterocycles. The Morgan fingerprint density at radius 3 is 2.42 bits per heavy atom. The van der Waals surface area contributed by atoms with Crippen molar-refractivity contribution < 1.29 is 22.7 Å². The van der Waals surface area contributed by atoms with Crippen LogP contribution in [0, 0.1) is 0 Å². The van der Waals surface area contributed by atoms with E-state index < -0.39 is 10.0 Å². The van der Waals surface area contributed by atoms with Crippen molar-refractivity contribution in [2.24, 2.45) is 0 Å². The van der Waals surface area contributed by atoms with Gasteiger partial charge in [0.1, 0.15) is 17.4 Å². The van der Waals surface area contributed by atoms with Gasteiger partial charge in [0.15, 0.2) is 11.5 Å². The number of benzene rings is 2. The number of amides is 1. The second kappa shape index (κ2) is 8.78. The number of thiophene rings is 1. The van der Waals surface area contributed by atoms with Crippen molar-refractivity contribution in [3.63, 3.8) is 0 Å². The zero-order valence-electron chi connectivity index (χ0n) is 16.4. The van der Waals surface area contributed by atoms with Gasteiger partial charge in [-0.25, -0.2) is 8.42 Å². The Hall–Kier alpha value is -2.75. The van der Waals surface area contributed by atoms with Gasteiger partial charge in [0.25, 0.3) is 15.9 Å². The Labute approximate surface area is 189 Å². The molecule has 0 saturated heterocycles. The summed E-state index contributed by atoms with van der Waals surface area (Å²) in [6, 6.07) is 14.5. The number of carbonyl (C=O) groups is 1. The molecule has 10 heteroatoms. The lowest BCUT2D eigenvalue weighted by atomic mass is 10.1. The molecule has 162 valence electrons. The molecule has 0 bridgehead atoms. The van der Waals surface area contributed by atoms with Crippen LogP contribution in [0.3, 0.4) is 0 Å². The largest absolute Gasteiger partial charge is 0.486 e. The number of carbonyl (C=O) groups excluding carboxylic acids is 1. The summed E-state index contributed by atoms with van der Waals surface area (Å²) in [6.07, 6.45) is 0. The van der Waals surface area contributed by atoms with Crippen LogP contribution >= 0.6 is 22.9 Å². The van der Waals surface area contributed by atoms with E-state index in [0.29, 0.717) is 40.3 Å². The minimum absolute atomic E-state index is 0.118. The van der Waals surface area contributed by atoms with Gasteiger partial charge in [0, 0.05) is 11.3 Å². The highest BCUT2D eigenvalue weighted by molar-refractivity contribution is 7.94. The number of rotatable bonds is 6. The molecule has 0 unspecified atom stereocenters. The molecule has 1 aliphatic rings. The van der Waals surface area contributed by atoms with Gasteiger partial charge in [-0.1, -0.05) is 17.7 Å². The van der Waals surface area contributed by atoms with Gasteiger partial charge in [-0.3, -0.25) is 9.52 Å². The first kappa shape index (κ1) is 21.5. The molecule has 2 heterocycles. The van der Waals surface area contributed by atoms with E-state index in [-0.39, 0.29) is 16.2 Å². The Morgan fingerprint density at radius 1 is 1.03 bits per heavy atom. The average molecular weight is 479 g/mol. The van der Waals surface area contributed by atoms with Crippen LogP contribution in [0.5, 0.6) is 11.5 Å². The first-order valence-electron chi connectivity index (χ1n) is 9.40. The molecule has 1 aromatic heterocycles. The Morgan fingerprint density at radius 2 is 1.74 bits per heavy atom. The number of anilines is 1. The predicted molar refractivity (Wildman–Crippen MR) is 120 cm³/mol. The molecule has 1 atom stereocenters. The van der Waals surface area contributed by atoms with Gasteiger partial charge in [0.05, 0.1) is 10.4 Å². The summed E-state index contributed by atoms with van der Waals surface area (Å²) < 4.78 is 38.9. The Bertz CT molecular complexity index is 1210. The summed E-state index contributed by atoms with van der Waals surface area (Å²) in [4.78, 5) is 12.6. The zero-order valence-corrected chi connectivity index (χ0v) is 18.8. The maximum absolute atomic E-state index is 12.6. The van der Waals surface area contributed by atoms with Crippen molar-refractivity contribution in [3.8, 4) is 11.5 Å². The summed E-state index contributed by atoms with van der Waals surface area (Å²) in [7, 11) is -3.73. The molecule has 0 spiro atoms. The van der Waals surface area contributed by atoms with Crippen LogP contribution in [0.1, 0.15) is 28.9 Å². The van der Waals surface area contributed by atoms with Gasteiger partial charge in [-0.2, -0.15) is 0 Å². The van der Waals surface area contributed by atoms with Crippen LogP contribution in [0.2, 0.25) is 4.34 Å². The van der Waals surface area contributed by atoms with Crippen molar-refractivity contribution in [1.29, 1.82) is 0 Å². The van der Waals surface area contributed by atoms with Crippen molar-refractivity contribution in [2.45, 2.75) is 17.2 Å². The van der Waals surface area contributed by atoms with E-state index in [0.717, 1.165) is 16.9 Å². The van der Waals surface area contributed by atoms with Gasteiger partial charge < -0.3 is 14.8 Å². The summed E-state index contributed by atoms with van der Waals surface area (Å²) >= 11 is 6.78. The van der Waals surface area contributed by atoms with E-state index in [9.17, 15) is 13.2 Å². The van der Waals surface area contributed by atoms with Crippen molar-refractivity contribution in [1.82, 2.24) is 5.32 Å². The zero-order chi connectivity index (χ0) is 22.0. The molecule has 3 aromatic rings. The number of nitrogens with one attached hydrogen (secondary N) is 2. The summed E-state index contributed by atoms with van der Waals surface area (Å²) in [6.45, 7) is 2.89. The maximum atomic E-state index is 12.6. The molecular weight excluding hydrogens is 460 g/mol. The number of fused-ring (bicyclic) bond motifs is 1. The van der Waals surface area contributed by atoms with E-state index in [4.69, 9.17) is 21.1 Å². The Balaban J connectivity index is 1.41. The molecule has 0 saturated carbocycles. The van der Waals surface area contributed by atoms with Crippen LogP contribution in [0.15, 0.2) is 58.8 Å². The second-order valence-corrected chi connectivity index (χ2v) is 10.5. The highest BCUT2D eigenvalue weighted by atomic mass is 35.5. The van der Waals surface area contributed by atoms with E-state index in [1.165, 1.54) is 24.3 Å². The van der Waals surface area contributed by atoms with Crippen molar-refractivity contribution in [2.75, 3.05) is 17.9 Å². The number of hydrogen-bond acceptors (Lipinski definition) is 6. The predicted octanol–water partition coefficient (Wildman–Crippen LogP) is 4.46. The van der Waals surface area contributed by atoms with Gasteiger partial charge in [-0.05, 0) is 61.0 Å². The molecule has 7 nitrogen and oxygen atoms in total. The molecule has 0 radical (unpaired) electrons. The first-order chi connectivity index (χ1) is 14.8. The van der Waals surface area contributed by atoms with E-state index in [1.54, 1.807) is 12.1 Å². The van der Waals surface area contributed by atoms with E-state index in [2.05, 4.69) is 10.0 Å². The summed E-state index contributed by atoms with van der Waals surface area (Å²) in [5.41, 5.74) is 1.64. The van der Waals surface area contributed by atoms with Crippen LogP contribution in [0.4, 0.5) is 5.69 Å². The number of sulfonamides is 1. The number of ether oxygens (including phenoxy) is 2. The monoisotopic (exact) mass is 478 g/mol. The number of halogens is 1. The fraction of sp³-hybridized carbons (Fsp3) is 0.190. The fourth-order valence-corrected chi connectivity index (χ4v) is 5.57. The first-order valence-corrected chi connectivity index (χ1v) is 12.1. The summed E-state index contributed by atoms with van der Waals surface area (Å²) in [5, 5.41) is 2.93. The minimum Gasteiger partial charge on any atom is -0.486 e. The van der Waals surface area contributed by atoms with E-state index >= 15 is 0 Å². The lowest BCUT2D eigenvalue weighted by molar-refractivity contribution is 0.0939. The highest BCUT2D eigenvalue weighted by Crippen LogP contribution is 2.32. The smallest absolute Gasteiger partial charge is 0.271 e. The molecule has 2 aromatic carbocycles. The Kier molecular flexibility index (Phi) is 6.08. The maximum Gasteiger partial charge on any atom is 0.271 e. The van der Waals surface area contributed by atoms with Crippen molar-refractivity contribution >= 4 is 44.6 Å². The second-order valence-electron chi connectivity index (χ2n) is 6.84. The standard InChI is InChI=1S/C21H19ClN2O5S2/c1-13(15-4-7-17-18(12-15)29-11-10-28-17)23-21(25)14-2-5-16(6-3-14)24-31(26,27)20-9-8-19(22)30-20/h2-9,12-13,24H,10-11H2,1H3,(H,23,25)/t13-/m1/s1. The SMILES string of the molecule is C[C@@H](NC(=O)c1ccc(NS(=O)(=O)c2ccc(Cl)s2)cc1)c1ccc2c(c1)OCCO2. The molecular formula is C21H19ClN2O5S2. The summed E-state index contributed by atoms with van der Waals surface area (Å²) in [5.74, 6) is 1.08. The lowest BCUT2D eigenvalue weighted by Crippen LogP contribution is -2.26. The van der Waals surface area contributed by atoms with Crippen LogP contribution < -0.4 is 19.5 Å². The third kappa shape index (κ3) is 4.95. The van der Waals surface area contributed by atoms with Crippen LogP contribution in [-0.4, -0.2) is 27.5 Å². The fourth-order valence-electron chi connectivity index (χ4n) is 3.03. The highest BCUT2D eigenvalue weighted by Gasteiger charge is 2.18. The van der Waals surface area contributed by atoms with Gasteiger partial charge >= 0.3 is 0 Å². The van der Waals surface area contributed by atoms with Gasteiger partial charge in [0.2, 0.25) is 0 Å². The quantitative estimate of drug-likeness (QED) is 0.545. The normalized spacial score (nSPS) is 14.0. The molecule has 1 amide bonds. The van der Waals surface area contributed by atoms with Crippen LogP contribution in [-0.2, 0) is 10.0 Å². The van der Waals surface area contributed by atoms with Gasteiger partial charge in [-0.15, -0.1) is 11.3 Å². The van der Waals surface area contributed by atoms with E-state index in [1.807, 2.05) is 25.1 Å². The molecule has 4 rings (SSSR count). The van der Waals surface area contributed by atoms with Crippen molar-refractivity contribution in [3.05, 3.63) is 70.1 Å². The molecule has 31 heavy (non-hydrogen) atoms. The topological polar surface area (TPSA) is 93.7 Å². The minimum atomic E-state index is -3.73. The molecule has 0 fully saturated rings. The third-order valence-electron chi connectivity index (χ3n) is 4.63. The molecule has 2 N–H and O–H groups in total. The average Bonchev–Trinajstić information content (AvgIpc) is 3.21.